The minimum Gasteiger partial charge on any atom is -0.459 e. The largest absolute Gasteiger partial charge is 0.459 e. The van der Waals surface area contributed by atoms with Crippen molar-refractivity contribution in [2.75, 3.05) is 0 Å². The van der Waals surface area contributed by atoms with Crippen LogP contribution >= 0.6 is 23.2 Å². The molecule has 0 aromatic heterocycles. The first-order valence-electron chi connectivity index (χ1n) is 10.7. The molecule has 3 N–H and O–H groups in total. The zero-order chi connectivity index (χ0) is 24.1. The molecule has 2 rings (SSSR count). The summed E-state index contributed by atoms with van der Waals surface area (Å²) >= 11 is 12.1. The number of hydrogen-bond donors (Lipinski definition) is 2. The molecule has 0 spiro atoms. The van der Waals surface area contributed by atoms with Crippen molar-refractivity contribution >= 4 is 35.1 Å². The van der Waals surface area contributed by atoms with Crippen molar-refractivity contribution in [3.63, 3.8) is 0 Å². The lowest BCUT2D eigenvalue weighted by Gasteiger charge is -2.26. The molecule has 0 fully saturated rings. The van der Waals surface area contributed by atoms with Crippen molar-refractivity contribution < 1.29 is 14.3 Å². The Morgan fingerprint density at radius 2 is 1.56 bits per heavy atom. The molecule has 0 aliphatic heterocycles. The summed E-state index contributed by atoms with van der Waals surface area (Å²) in [7, 11) is 0. The SMILES string of the molecule is CC(C)OC(=O)c1ccc([C@@H](CCC(C)(C)C)NC(=O)[C@@H](N)c2cc(Cl)cc(Cl)c2)cc1. The molecule has 2 atom stereocenters. The lowest BCUT2D eigenvalue weighted by Crippen LogP contribution is -2.37. The van der Waals surface area contributed by atoms with Gasteiger partial charge in [-0.2, -0.15) is 0 Å². The summed E-state index contributed by atoms with van der Waals surface area (Å²) < 4.78 is 5.25. The van der Waals surface area contributed by atoms with E-state index in [0.29, 0.717) is 27.6 Å². The summed E-state index contributed by atoms with van der Waals surface area (Å²) in [5.74, 6) is -0.702. The number of halogens is 2. The van der Waals surface area contributed by atoms with E-state index in [-0.39, 0.29) is 29.4 Å². The standard InChI is InChI=1S/C25H32Cl2N2O3/c1-15(2)32-24(31)17-8-6-16(7-9-17)21(10-11-25(3,4)5)29-23(30)22(28)18-12-19(26)14-20(27)13-18/h6-9,12-15,21-22H,10-11,28H2,1-5H3,(H,29,30)/t21-,22+/m1/s1. The first kappa shape index (κ1) is 26.2. The number of nitrogens with two attached hydrogens (primary N) is 1. The molecule has 32 heavy (non-hydrogen) atoms. The van der Waals surface area contributed by atoms with Gasteiger partial charge in [0.25, 0.3) is 0 Å². The second kappa shape index (κ2) is 11.2. The van der Waals surface area contributed by atoms with E-state index in [1.807, 2.05) is 12.1 Å². The minimum absolute atomic E-state index is 0.0899. The fourth-order valence-corrected chi connectivity index (χ4v) is 3.74. The summed E-state index contributed by atoms with van der Waals surface area (Å²) in [5, 5.41) is 3.90. The van der Waals surface area contributed by atoms with E-state index in [2.05, 4.69) is 26.1 Å². The Labute approximate surface area is 200 Å². The summed E-state index contributed by atoms with van der Waals surface area (Å²) in [6.07, 6.45) is 1.41. The Hall–Kier alpha value is -2.08. The zero-order valence-corrected chi connectivity index (χ0v) is 20.8. The van der Waals surface area contributed by atoms with Gasteiger partial charge < -0.3 is 15.8 Å². The number of esters is 1. The molecule has 5 nitrogen and oxygen atoms in total. The van der Waals surface area contributed by atoms with E-state index in [1.165, 1.54) is 0 Å². The van der Waals surface area contributed by atoms with Crippen LogP contribution in [0.2, 0.25) is 10.0 Å². The van der Waals surface area contributed by atoms with E-state index in [9.17, 15) is 9.59 Å². The van der Waals surface area contributed by atoms with Crippen LogP contribution in [0.25, 0.3) is 0 Å². The molecule has 0 radical (unpaired) electrons. The average Bonchev–Trinajstić information content (AvgIpc) is 2.68. The number of ether oxygens (including phenoxy) is 1. The fraction of sp³-hybridized carbons (Fsp3) is 0.440. The van der Waals surface area contributed by atoms with Crippen LogP contribution in [-0.4, -0.2) is 18.0 Å². The second-order valence-electron chi connectivity index (χ2n) is 9.42. The maximum Gasteiger partial charge on any atom is 0.338 e. The molecule has 0 bridgehead atoms. The third-order valence-electron chi connectivity index (χ3n) is 4.92. The van der Waals surface area contributed by atoms with Crippen LogP contribution in [-0.2, 0) is 9.53 Å². The number of amides is 1. The summed E-state index contributed by atoms with van der Waals surface area (Å²) in [4.78, 5) is 25.1. The predicted octanol–water partition coefficient (Wildman–Crippen LogP) is 6.24. The quantitative estimate of drug-likeness (QED) is 0.439. The maximum absolute atomic E-state index is 13.0. The number of nitrogens with one attached hydrogen (secondary N) is 1. The van der Waals surface area contributed by atoms with E-state index in [4.69, 9.17) is 33.7 Å². The van der Waals surface area contributed by atoms with Crippen LogP contribution in [0.5, 0.6) is 0 Å². The minimum atomic E-state index is -0.913. The van der Waals surface area contributed by atoms with Crippen molar-refractivity contribution in [2.24, 2.45) is 11.1 Å². The highest BCUT2D eigenvalue weighted by Gasteiger charge is 2.23. The van der Waals surface area contributed by atoms with Crippen LogP contribution in [0.4, 0.5) is 0 Å². The molecule has 7 heteroatoms. The Bertz CT molecular complexity index is 917. The first-order chi connectivity index (χ1) is 14.9. The van der Waals surface area contributed by atoms with Crippen LogP contribution in [0.3, 0.4) is 0 Å². The van der Waals surface area contributed by atoms with Gasteiger partial charge >= 0.3 is 5.97 Å². The molecule has 0 aliphatic carbocycles. The Morgan fingerprint density at radius 1 is 1.00 bits per heavy atom. The molecule has 0 heterocycles. The summed E-state index contributed by atoms with van der Waals surface area (Å²) in [6.45, 7) is 10.1. The number of carbonyl (C=O) groups excluding carboxylic acids is 2. The molecule has 0 aliphatic rings. The zero-order valence-electron chi connectivity index (χ0n) is 19.2. The lowest BCUT2D eigenvalue weighted by atomic mass is 9.87. The highest BCUT2D eigenvalue weighted by Crippen LogP contribution is 2.29. The van der Waals surface area contributed by atoms with Crippen molar-refractivity contribution in [1.82, 2.24) is 5.32 Å². The molecule has 0 unspecified atom stereocenters. The highest BCUT2D eigenvalue weighted by molar-refractivity contribution is 6.34. The van der Waals surface area contributed by atoms with Crippen LogP contribution < -0.4 is 11.1 Å². The normalized spacial score (nSPS) is 13.5. The first-order valence-corrected chi connectivity index (χ1v) is 11.4. The van der Waals surface area contributed by atoms with Crippen molar-refractivity contribution in [3.05, 3.63) is 69.2 Å². The third kappa shape index (κ3) is 8.12. The van der Waals surface area contributed by atoms with E-state index in [0.717, 1.165) is 12.0 Å². The van der Waals surface area contributed by atoms with Gasteiger partial charge in [-0.3, -0.25) is 4.79 Å². The van der Waals surface area contributed by atoms with Gasteiger partial charge in [0.2, 0.25) is 5.91 Å². The molecular weight excluding hydrogens is 447 g/mol. The summed E-state index contributed by atoms with van der Waals surface area (Å²) in [5.41, 5.74) is 8.19. The fourth-order valence-electron chi connectivity index (χ4n) is 3.20. The van der Waals surface area contributed by atoms with Gasteiger partial charge in [0.05, 0.1) is 17.7 Å². The van der Waals surface area contributed by atoms with Crippen molar-refractivity contribution in [1.29, 1.82) is 0 Å². The third-order valence-corrected chi connectivity index (χ3v) is 5.35. The van der Waals surface area contributed by atoms with Crippen LogP contribution in [0.15, 0.2) is 42.5 Å². The van der Waals surface area contributed by atoms with Crippen LogP contribution in [0.1, 0.15) is 81.0 Å². The number of rotatable bonds is 8. The van der Waals surface area contributed by atoms with Gasteiger partial charge in [-0.15, -0.1) is 0 Å². The molecule has 174 valence electrons. The van der Waals surface area contributed by atoms with E-state index < -0.39 is 6.04 Å². The van der Waals surface area contributed by atoms with E-state index >= 15 is 0 Å². The topological polar surface area (TPSA) is 81.4 Å². The lowest BCUT2D eigenvalue weighted by molar-refractivity contribution is -0.123. The molecule has 1 amide bonds. The Kier molecular flexibility index (Phi) is 9.14. The van der Waals surface area contributed by atoms with Crippen molar-refractivity contribution in [3.8, 4) is 0 Å². The molecule has 0 saturated carbocycles. The molecule has 2 aromatic carbocycles. The Balaban J connectivity index is 2.22. The summed E-state index contributed by atoms with van der Waals surface area (Å²) in [6, 6.07) is 10.8. The van der Waals surface area contributed by atoms with Gasteiger partial charge in [-0.1, -0.05) is 56.1 Å². The number of hydrogen-bond acceptors (Lipinski definition) is 4. The highest BCUT2D eigenvalue weighted by atomic mass is 35.5. The van der Waals surface area contributed by atoms with Gasteiger partial charge in [-0.05, 0) is 73.6 Å². The number of benzene rings is 2. The Morgan fingerprint density at radius 3 is 2.06 bits per heavy atom. The second-order valence-corrected chi connectivity index (χ2v) is 10.3. The molecule has 2 aromatic rings. The van der Waals surface area contributed by atoms with E-state index in [1.54, 1.807) is 44.2 Å². The van der Waals surface area contributed by atoms with Crippen molar-refractivity contribution in [2.45, 2.75) is 65.6 Å². The maximum atomic E-state index is 13.0. The smallest absolute Gasteiger partial charge is 0.338 e. The average molecular weight is 479 g/mol. The van der Waals surface area contributed by atoms with Gasteiger partial charge in [0, 0.05) is 10.0 Å². The van der Waals surface area contributed by atoms with Gasteiger partial charge in [0.1, 0.15) is 6.04 Å². The molecule has 0 saturated heterocycles. The van der Waals surface area contributed by atoms with Gasteiger partial charge in [-0.25, -0.2) is 4.79 Å². The predicted molar refractivity (Wildman–Crippen MR) is 130 cm³/mol. The monoisotopic (exact) mass is 478 g/mol. The molecular formula is C25H32Cl2N2O3. The number of carbonyl (C=O) groups is 2. The van der Waals surface area contributed by atoms with Gasteiger partial charge in [0.15, 0.2) is 0 Å². The van der Waals surface area contributed by atoms with Crippen LogP contribution in [0, 0.1) is 5.41 Å².